The van der Waals surface area contributed by atoms with Crippen LogP contribution in [0.25, 0.3) is 5.82 Å². The van der Waals surface area contributed by atoms with Crippen molar-refractivity contribution in [1.82, 2.24) is 14.8 Å². The lowest BCUT2D eigenvalue weighted by Gasteiger charge is -2.04. The maximum atomic E-state index is 3.91. The number of H-pyrrole nitrogens is 1. The summed E-state index contributed by atoms with van der Waals surface area (Å²) in [5.41, 5.74) is 2.44. The second kappa shape index (κ2) is 4.65. The van der Waals surface area contributed by atoms with E-state index in [0.29, 0.717) is 0 Å². The van der Waals surface area contributed by atoms with Crippen LogP contribution in [0.5, 0.6) is 0 Å². The zero-order chi connectivity index (χ0) is 10.6. The molecule has 0 amide bonds. The molecule has 0 unspecified atom stereocenters. The molecule has 0 radical (unpaired) electrons. The van der Waals surface area contributed by atoms with Crippen LogP contribution in [-0.4, -0.2) is 14.8 Å². The van der Waals surface area contributed by atoms with E-state index in [-0.39, 0.29) is 0 Å². The first-order valence-corrected chi connectivity index (χ1v) is 4.94. The second-order valence-corrected chi connectivity index (χ2v) is 2.89. The van der Waals surface area contributed by atoms with E-state index in [0.717, 1.165) is 5.82 Å². The summed E-state index contributed by atoms with van der Waals surface area (Å²) < 4.78 is 2.13. The van der Waals surface area contributed by atoms with Gasteiger partial charge in [-0.05, 0) is 26.0 Å². The summed E-state index contributed by atoms with van der Waals surface area (Å²) in [7, 11) is 0. The summed E-state index contributed by atoms with van der Waals surface area (Å²) in [6, 6.07) is 6.15. The van der Waals surface area contributed by atoms with Crippen LogP contribution in [0.15, 0.2) is 24.4 Å². The minimum Gasteiger partial charge on any atom is -0.304 e. The van der Waals surface area contributed by atoms with Gasteiger partial charge in [-0.15, -0.1) is 0 Å². The van der Waals surface area contributed by atoms with Crippen molar-refractivity contribution < 1.29 is 0 Å². The van der Waals surface area contributed by atoms with Gasteiger partial charge in [0.15, 0.2) is 0 Å². The van der Waals surface area contributed by atoms with Crippen molar-refractivity contribution in [2.45, 2.75) is 27.7 Å². The van der Waals surface area contributed by atoms with Crippen LogP contribution in [0.4, 0.5) is 0 Å². The van der Waals surface area contributed by atoms with Gasteiger partial charge >= 0.3 is 0 Å². The van der Waals surface area contributed by atoms with Gasteiger partial charge in [0.25, 0.3) is 0 Å². The first-order valence-electron chi connectivity index (χ1n) is 4.94. The van der Waals surface area contributed by atoms with Crippen LogP contribution in [0.1, 0.15) is 25.2 Å². The monoisotopic (exact) mass is 191 g/mol. The molecule has 0 saturated heterocycles. The summed E-state index contributed by atoms with van der Waals surface area (Å²) >= 11 is 0. The van der Waals surface area contributed by atoms with Crippen LogP contribution >= 0.6 is 0 Å². The smallest absolute Gasteiger partial charge is 0.132 e. The average Bonchev–Trinajstić information content (AvgIpc) is 2.80. The maximum absolute atomic E-state index is 3.91. The van der Waals surface area contributed by atoms with E-state index in [1.807, 2.05) is 19.9 Å². The highest BCUT2D eigenvalue weighted by atomic mass is 15.2. The minimum absolute atomic E-state index is 1.02. The zero-order valence-electron chi connectivity index (χ0n) is 9.20. The Balaban J connectivity index is 0.000000461. The van der Waals surface area contributed by atoms with E-state index in [1.54, 1.807) is 6.20 Å². The zero-order valence-corrected chi connectivity index (χ0v) is 9.20. The van der Waals surface area contributed by atoms with Crippen molar-refractivity contribution in [3.8, 4) is 5.82 Å². The predicted octanol–water partition coefficient (Wildman–Crippen LogP) is 2.84. The Bertz CT molecular complexity index is 352. The molecule has 0 aliphatic rings. The third-order valence-corrected chi connectivity index (χ3v) is 2.00. The number of aromatic nitrogens is 3. The standard InChI is InChI=1S/C9H11N3.C2H6/c1-7-3-4-8(2)12(7)9-5-6-10-11-9;1-2/h3-6H,1-2H3,(H,10,11);1-2H3. The molecule has 76 valence electrons. The van der Waals surface area contributed by atoms with Gasteiger partial charge in [-0.3, -0.25) is 5.10 Å². The highest BCUT2D eigenvalue weighted by molar-refractivity contribution is 5.29. The van der Waals surface area contributed by atoms with Crippen LogP contribution in [0.3, 0.4) is 0 Å². The highest BCUT2D eigenvalue weighted by Gasteiger charge is 2.02. The molecule has 0 atom stereocenters. The van der Waals surface area contributed by atoms with E-state index < -0.39 is 0 Å². The molecule has 3 heteroatoms. The summed E-state index contributed by atoms with van der Waals surface area (Å²) in [5.74, 6) is 1.02. The Hall–Kier alpha value is -1.51. The lowest BCUT2D eigenvalue weighted by Crippen LogP contribution is -1.98. The molecule has 0 aliphatic carbocycles. The Morgan fingerprint density at radius 3 is 2.07 bits per heavy atom. The first kappa shape index (κ1) is 10.6. The molecule has 2 aromatic rings. The van der Waals surface area contributed by atoms with E-state index in [2.05, 4.69) is 40.7 Å². The molecule has 0 aromatic carbocycles. The maximum Gasteiger partial charge on any atom is 0.132 e. The second-order valence-electron chi connectivity index (χ2n) is 2.89. The van der Waals surface area contributed by atoms with E-state index in [1.165, 1.54) is 11.4 Å². The fourth-order valence-electron chi connectivity index (χ4n) is 1.42. The average molecular weight is 191 g/mol. The van der Waals surface area contributed by atoms with Gasteiger partial charge in [0, 0.05) is 17.5 Å². The lowest BCUT2D eigenvalue weighted by molar-refractivity contribution is 0.902. The number of hydrogen-bond donors (Lipinski definition) is 1. The van der Waals surface area contributed by atoms with E-state index in [9.17, 15) is 0 Å². The molecule has 0 bridgehead atoms. The third-order valence-electron chi connectivity index (χ3n) is 2.00. The van der Waals surface area contributed by atoms with Gasteiger partial charge in [-0.25, -0.2) is 0 Å². The number of rotatable bonds is 1. The molecule has 2 rings (SSSR count). The van der Waals surface area contributed by atoms with Crippen LogP contribution < -0.4 is 0 Å². The Morgan fingerprint density at radius 2 is 1.64 bits per heavy atom. The van der Waals surface area contributed by atoms with Gasteiger partial charge in [0.2, 0.25) is 0 Å². The van der Waals surface area contributed by atoms with Crippen molar-refractivity contribution in [1.29, 1.82) is 0 Å². The summed E-state index contributed by atoms with van der Waals surface area (Å²) in [6.45, 7) is 8.15. The normalized spacial score (nSPS) is 9.43. The molecule has 0 spiro atoms. The summed E-state index contributed by atoms with van der Waals surface area (Å²) in [5, 5.41) is 6.85. The number of nitrogens with one attached hydrogen (secondary N) is 1. The largest absolute Gasteiger partial charge is 0.304 e. The molecule has 2 aromatic heterocycles. The summed E-state index contributed by atoms with van der Waals surface area (Å²) in [4.78, 5) is 0. The Morgan fingerprint density at radius 1 is 1.07 bits per heavy atom. The lowest BCUT2D eigenvalue weighted by atomic mass is 10.5. The molecule has 2 heterocycles. The van der Waals surface area contributed by atoms with Crippen LogP contribution in [-0.2, 0) is 0 Å². The molecular weight excluding hydrogens is 174 g/mol. The quantitative estimate of drug-likeness (QED) is 0.738. The van der Waals surface area contributed by atoms with E-state index >= 15 is 0 Å². The van der Waals surface area contributed by atoms with Gasteiger partial charge < -0.3 is 4.57 Å². The predicted molar refractivity (Wildman–Crippen MR) is 58.7 cm³/mol. The Kier molecular flexibility index (Phi) is 3.51. The molecule has 1 N–H and O–H groups in total. The fourth-order valence-corrected chi connectivity index (χ4v) is 1.42. The van der Waals surface area contributed by atoms with Crippen molar-refractivity contribution in [2.75, 3.05) is 0 Å². The van der Waals surface area contributed by atoms with Gasteiger partial charge in [0.05, 0.1) is 6.20 Å². The van der Waals surface area contributed by atoms with Gasteiger partial charge in [-0.1, -0.05) is 13.8 Å². The number of aromatic amines is 1. The Labute approximate surface area is 84.8 Å². The van der Waals surface area contributed by atoms with Gasteiger partial charge in [0.1, 0.15) is 5.82 Å². The fraction of sp³-hybridized carbons (Fsp3) is 0.364. The highest BCUT2D eigenvalue weighted by Crippen LogP contribution is 2.12. The topological polar surface area (TPSA) is 33.6 Å². The van der Waals surface area contributed by atoms with Crippen molar-refractivity contribution in [3.63, 3.8) is 0 Å². The number of aryl methyl sites for hydroxylation is 2. The SMILES string of the molecule is CC.Cc1ccc(C)n1-c1ccn[nH]1. The third kappa shape index (κ3) is 1.87. The molecular formula is C11H17N3. The molecule has 0 saturated carbocycles. The summed E-state index contributed by atoms with van der Waals surface area (Å²) in [6.07, 6.45) is 1.76. The van der Waals surface area contributed by atoms with Crippen LogP contribution in [0.2, 0.25) is 0 Å². The van der Waals surface area contributed by atoms with Crippen molar-refractivity contribution in [2.24, 2.45) is 0 Å². The number of nitrogens with zero attached hydrogens (tertiary/aromatic N) is 2. The number of hydrogen-bond acceptors (Lipinski definition) is 1. The van der Waals surface area contributed by atoms with Crippen LogP contribution in [0, 0.1) is 13.8 Å². The molecule has 0 aliphatic heterocycles. The molecule has 0 fully saturated rings. The molecule has 14 heavy (non-hydrogen) atoms. The van der Waals surface area contributed by atoms with E-state index in [4.69, 9.17) is 0 Å². The minimum atomic E-state index is 1.02. The van der Waals surface area contributed by atoms with Crippen molar-refractivity contribution in [3.05, 3.63) is 35.8 Å². The van der Waals surface area contributed by atoms with Gasteiger partial charge in [-0.2, -0.15) is 5.10 Å². The first-order chi connectivity index (χ1) is 6.79. The van der Waals surface area contributed by atoms with Crippen molar-refractivity contribution >= 4 is 0 Å². The molecule has 3 nitrogen and oxygen atoms in total.